The second kappa shape index (κ2) is 5.09. The van der Waals surface area contributed by atoms with Gasteiger partial charge in [0.2, 0.25) is 0 Å². The quantitative estimate of drug-likeness (QED) is 0.619. The number of piperidine rings is 1. The van der Waals surface area contributed by atoms with Crippen molar-refractivity contribution in [3.8, 4) is 11.5 Å². The minimum Gasteiger partial charge on any atom is -0.486 e. The van der Waals surface area contributed by atoms with Gasteiger partial charge in [0.1, 0.15) is 13.2 Å². The van der Waals surface area contributed by atoms with Crippen LogP contribution in [-0.4, -0.2) is 32.1 Å². The van der Waals surface area contributed by atoms with Gasteiger partial charge >= 0.3 is 0 Å². The van der Waals surface area contributed by atoms with Crippen LogP contribution in [0.1, 0.15) is 23.2 Å². The molecule has 0 unspecified atom stereocenters. The topological polar surface area (TPSA) is 73.6 Å². The van der Waals surface area contributed by atoms with E-state index in [2.05, 4.69) is 5.32 Å². The van der Waals surface area contributed by atoms with Gasteiger partial charge in [0, 0.05) is 23.2 Å². The molecule has 0 amide bonds. The largest absolute Gasteiger partial charge is 0.486 e. The summed E-state index contributed by atoms with van der Waals surface area (Å²) in [5, 5.41) is 3.26. The minimum atomic E-state index is 0.0612. The van der Waals surface area contributed by atoms with Crippen LogP contribution >= 0.6 is 0 Å². The zero-order valence-corrected chi connectivity index (χ0v) is 10.8. The van der Waals surface area contributed by atoms with Gasteiger partial charge in [0.15, 0.2) is 17.3 Å². The summed E-state index contributed by atoms with van der Waals surface area (Å²) >= 11 is 0. The molecule has 0 saturated carbocycles. The molecule has 2 aliphatic heterocycles. The Kier molecular flexibility index (Phi) is 3.29. The molecule has 102 valence electrons. The lowest BCUT2D eigenvalue weighted by Gasteiger charge is -2.24. The van der Waals surface area contributed by atoms with E-state index >= 15 is 0 Å². The number of nitrogen functional groups attached to an aromatic ring is 1. The number of carbonyl (C=O) groups excluding carboxylic acids is 1. The summed E-state index contributed by atoms with van der Waals surface area (Å²) < 4.78 is 11.0. The van der Waals surface area contributed by atoms with E-state index in [0.29, 0.717) is 36.0 Å². The number of ketones is 1. The number of Topliss-reactive ketones (excluding diaryl/α,β-unsaturated/α-hetero) is 1. The van der Waals surface area contributed by atoms with Gasteiger partial charge in [-0.15, -0.1) is 0 Å². The molecule has 2 heterocycles. The Labute approximate surface area is 112 Å². The van der Waals surface area contributed by atoms with Crippen LogP contribution in [0.15, 0.2) is 12.1 Å². The van der Waals surface area contributed by atoms with Crippen molar-refractivity contribution < 1.29 is 14.3 Å². The van der Waals surface area contributed by atoms with Crippen molar-refractivity contribution >= 4 is 11.5 Å². The predicted octanol–water partition coefficient (Wildman–Crippen LogP) is 1.22. The summed E-state index contributed by atoms with van der Waals surface area (Å²) in [6, 6.07) is 3.43. The SMILES string of the molecule is Nc1cc2c(cc1C(=O)C1CCNCC1)OCCO2. The van der Waals surface area contributed by atoms with E-state index in [9.17, 15) is 4.79 Å². The van der Waals surface area contributed by atoms with E-state index in [0.717, 1.165) is 25.9 Å². The lowest BCUT2D eigenvalue weighted by Crippen LogP contribution is -2.32. The molecule has 0 atom stereocenters. The van der Waals surface area contributed by atoms with Crippen molar-refractivity contribution in [1.82, 2.24) is 5.32 Å². The zero-order chi connectivity index (χ0) is 13.2. The van der Waals surface area contributed by atoms with Crippen LogP contribution in [-0.2, 0) is 0 Å². The Hall–Kier alpha value is -1.75. The van der Waals surface area contributed by atoms with Crippen LogP contribution < -0.4 is 20.5 Å². The van der Waals surface area contributed by atoms with E-state index < -0.39 is 0 Å². The molecule has 3 rings (SSSR count). The van der Waals surface area contributed by atoms with Crippen molar-refractivity contribution in [2.24, 2.45) is 5.92 Å². The van der Waals surface area contributed by atoms with Crippen molar-refractivity contribution in [3.63, 3.8) is 0 Å². The predicted molar refractivity (Wildman–Crippen MR) is 71.8 cm³/mol. The van der Waals surface area contributed by atoms with Gasteiger partial charge in [-0.1, -0.05) is 0 Å². The highest BCUT2D eigenvalue weighted by molar-refractivity contribution is 6.03. The summed E-state index contributed by atoms with van der Waals surface area (Å²) in [6.45, 7) is 2.81. The van der Waals surface area contributed by atoms with Gasteiger partial charge in [0.05, 0.1) is 0 Å². The van der Waals surface area contributed by atoms with Crippen molar-refractivity contribution in [1.29, 1.82) is 0 Å². The van der Waals surface area contributed by atoms with E-state index in [-0.39, 0.29) is 11.7 Å². The Morgan fingerprint density at radius 2 is 1.79 bits per heavy atom. The number of benzene rings is 1. The molecule has 1 aromatic carbocycles. The highest BCUT2D eigenvalue weighted by Crippen LogP contribution is 2.35. The molecule has 3 N–H and O–H groups in total. The van der Waals surface area contributed by atoms with Crippen LogP contribution in [0.3, 0.4) is 0 Å². The Morgan fingerprint density at radius 1 is 1.16 bits per heavy atom. The van der Waals surface area contributed by atoms with Gasteiger partial charge in [-0.2, -0.15) is 0 Å². The maximum Gasteiger partial charge on any atom is 0.168 e. The number of rotatable bonds is 2. The minimum absolute atomic E-state index is 0.0612. The first-order valence-electron chi connectivity index (χ1n) is 6.70. The Balaban J connectivity index is 1.89. The van der Waals surface area contributed by atoms with Crippen LogP contribution in [0.25, 0.3) is 0 Å². The molecule has 1 aromatic rings. The first kappa shape index (κ1) is 12.3. The fourth-order valence-electron chi connectivity index (χ4n) is 2.62. The van der Waals surface area contributed by atoms with Gasteiger partial charge in [-0.25, -0.2) is 0 Å². The third-order valence-electron chi connectivity index (χ3n) is 3.69. The molecule has 5 heteroatoms. The summed E-state index contributed by atoms with van der Waals surface area (Å²) in [5.41, 5.74) is 7.03. The smallest absolute Gasteiger partial charge is 0.168 e. The van der Waals surface area contributed by atoms with E-state index in [1.807, 2.05) is 0 Å². The fraction of sp³-hybridized carbons (Fsp3) is 0.500. The zero-order valence-electron chi connectivity index (χ0n) is 10.8. The number of hydrogen-bond acceptors (Lipinski definition) is 5. The molecule has 2 aliphatic rings. The van der Waals surface area contributed by atoms with E-state index in [4.69, 9.17) is 15.2 Å². The first-order valence-corrected chi connectivity index (χ1v) is 6.70. The molecule has 1 saturated heterocycles. The Morgan fingerprint density at radius 3 is 2.47 bits per heavy atom. The van der Waals surface area contributed by atoms with Crippen LogP contribution in [0.2, 0.25) is 0 Å². The van der Waals surface area contributed by atoms with Crippen molar-refractivity contribution in [2.45, 2.75) is 12.8 Å². The fourth-order valence-corrected chi connectivity index (χ4v) is 2.62. The van der Waals surface area contributed by atoms with Crippen molar-refractivity contribution in [2.75, 3.05) is 32.0 Å². The standard InChI is InChI=1S/C14H18N2O3/c15-11-8-13-12(18-5-6-19-13)7-10(11)14(17)9-1-3-16-4-2-9/h7-9,16H,1-6,15H2. The third kappa shape index (κ3) is 2.38. The molecule has 0 bridgehead atoms. The molecule has 5 nitrogen and oxygen atoms in total. The highest BCUT2D eigenvalue weighted by atomic mass is 16.6. The molecule has 0 aromatic heterocycles. The molecular weight excluding hydrogens is 244 g/mol. The van der Waals surface area contributed by atoms with Gasteiger partial charge in [-0.3, -0.25) is 4.79 Å². The number of anilines is 1. The van der Waals surface area contributed by atoms with E-state index in [1.54, 1.807) is 12.1 Å². The van der Waals surface area contributed by atoms with Crippen molar-refractivity contribution in [3.05, 3.63) is 17.7 Å². The molecule has 0 radical (unpaired) electrons. The molecule has 0 aliphatic carbocycles. The Bertz CT molecular complexity index is 496. The second-order valence-corrected chi connectivity index (χ2v) is 4.97. The third-order valence-corrected chi connectivity index (χ3v) is 3.69. The normalized spacial score (nSPS) is 19.2. The summed E-state index contributed by atoms with van der Waals surface area (Å²) in [5.74, 6) is 1.44. The highest BCUT2D eigenvalue weighted by Gasteiger charge is 2.25. The summed E-state index contributed by atoms with van der Waals surface area (Å²) in [7, 11) is 0. The second-order valence-electron chi connectivity index (χ2n) is 4.97. The lowest BCUT2D eigenvalue weighted by molar-refractivity contribution is 0.0895. The monoisotopic (exact) mass is 262 g/mol. The molecule has 1 fully saturated rings. The molecule has 19 heavy (non-hydrogen) atoms. The average molecular weight is 262 g/mol. The van der Waals surface area contributed by atoms with Crippen LogP contribution in [0, 0.1) is 5.92 Å². The van der Waals surface area contributed by atoms with Gasteiger partial charge in [-0.05, 0) is 32.0 Å². The lowest BCUT2D eigenvalue weighted by atomic mass is 9.89. The van der Waals surface area contributed by atoms with E-state index in [1.165, 1.54) is 0 Å². The summed E-state index contributed by atoms with van der Waals surface area (Å²) in [6.07, 6.45) is 1.74. The van der Waals surface area contributed by atoms with Crippen LogP contribution in [0.5, 0.6) is 11.5 Å². The maximum absolute atomic E-state index is 12.5. The molecular formula is C14H18N2O3. The number of carbonyl (C=O) groups is 1. The van der Waals surface area contributed by atoms with Gasteiger partial charge in [0.25, 0.3) is 0 Å². The summed E-state index contributed by atoms with van der Waals surface area (Å²) in [4.78, 5) is 12.5. The maximum atomic E-state index is 12.5. The number of hydrogen-bond donors (Lipinski definition) is 2. The number of nitrogens with two attached hydrogens (primary N) is 1. The number of ether oxygens (including phenoxy) is 2. The average Bonchev–Trinajstić information content (AvgIpc) is 2.47. The van der Waals surface area contributed by atoms with Gasteiger partial charge < -0.3 is 20.5 Å². The molecule has 0 spiro atoms. The van der Waals surface area contributed by atoms with Crippen LogP contribution in [0.4, 0.5) is 5.69 Å². The number of nitrogens with one attached hydrogen (secondary N) is 1. The first-order chi connectivity index (χ1) is 9.25. The number of fused-ring (bicyclic) bond motifs is 1.